The molecule has 3 N–H and O–H groups in total. The van der Waals surface area contributed by atoms with Crippen LogP contribution in [0.1, 0.15) is 41.7 Å². The van der Waals surface area contributed by atoms with Gasteiger partial charge in [0.25, 0.3) is 11.5 Å². The summed E-state index contributed by atoms with van der Waals surface area (Å²) in [6, 6.07) is 2.96. The van der Waals surface area contributed by atoms with Crippen LogP contribution < -0.4 is 10.9 Å². The van der Waals surface area contributed by atoms with Crippen LogP contribution in [0.25, 0.3) is 0 Å². The highest BCUT2D eigenvalue weighted by Gasteiger charge is 2.25. The Kier molecular flexibility index (Phi) is 3.81. The summed E-state index contributed by atoms with van der Waals surface area (Å²) < 4.78 is 0. The van der Waals surface area contributed by atoms with Gasteiger partial charge in [-0.15, -0.1) is 0 Å². The number of rotatable bonds is 2. The second kappa shape index (κ2) is 5.35. The van der Waals surface area contributed by atoms with Gasteiger partial charge in [0, 0.05) is 5.69 Å². The molecule has 2 atom stereocenters. The second-order valence-electron chi connectivity index (χ2n) is 4.82. The van der Waals surface area contributed by atoms with Gasteiger partial charge in [0.1, 0.15) is 5.56 Å². The molecule has 0 saturated heterocycles. The summed E-state index contributed by atoms with van der Waals surface area (Å²) in [5, 5.41) is 12.5. The van der Waals surface area contributed by atoms with Crippen LogP contribution in [-0.2, 0) is 0 Å². The van der Waals surface area contributed by atoms with Crippen molar-refractivity contribution in [2.24, 2.45) is 0 Å². The van der Waals surface area contributed by atoms with E-state index in [2.05, 4.69) is 10.3 Å². The van der Waals surface area contributed by atoms with Crippen molar-refractivity contribution in [3.63, 3.8) is 0 Å². The number of nitrogens with one attached hydrogen (secondary N) is 2. The van der Waals surface area contributed by atoms with Crippen molar-refractivity contribution in [1.29, 1.82) is 0 Å². The second-order valence-corrected chi connectivity index (χ2v) is 4.82. The van der Waals surface area contributed by atoms with E-state index in [4.69, 9.17) is 0 Å². The molecule has 5 heteroatoms. The molecule has 1 saturated carbocycles. The summed E-state index contributed by atoms with van der Waals surface area (Å²) in [4.78, 5) is 26.2. The van der Waals surface area contributed by atoms with E-state index in [1.165, 1.54) is 6.07 Å². The predicted molar refractivity (Wildman–Crippen MR) is 67.5 cm³/mol. The van der Waals surface area contributed by atoms with Crippen LogP contribution in [0.5, 0.6) is 0 Å². The molecule has 5 nitrogen and oxygen atoms in total. The van der Waals surface area contributed by atoms with E-state index in [0.717, 1.165) is 19.3 Å². The Morgan fingerprint density at radius 3 is 2.78 bits per heavy atom. The molecule has 0 spiro atoms. The van der Waals surface area contributed by atoms with E-state index >= 15 is 0 Å². The quantitative estimate of drug-likeness (QED) is 0.723. The molecule has 2 rings (SSSR count). The highest BCUT2D eigenvalue weighted by molar-refractivity contribution is 5.94. The van der Waals surface area contributed by atoms with Crippen LogP contribution in [0.15, 0.2) is 16.9 Å². The van der Waals surface area contributed by atoms with Gasteiger partial charge < -0.3 is 15.4 Å². The van der Waals surface area contributed by atoms with Gasteiger partial charge in [-0.3, -0.25) is 9.59 Å². The van der Waals surface area contributed by atoms with Crippen LogP contribution >= 0.6 is 0 Å². The van der Waals surface area contributed by atoms with Crippen LogP contribution in [0.4, 0.5) is 0 Å². The molecule has 1 aromatic rings. The zero-order chi connectivity index (χ0) is 13.1. The summed E-state index contributed by atoms with van der Waals surface area (Å²) in [5.41, 5.74) is 0.422. The zero-order valence-corrected chi connectivity index (χ0v) is 10.4. The molecule has 0 aliphatic heterocycles. The highest BCUT2D eigenvalue weighted by Crippen LogP contribution is 2.18. The molecule has 0 radical (unpaired) electrons. The van der Waals surface area contributed by atoms with Crippen LogP contribution in [0, 0.1) is 6.92 Å². The maximum absolute atomic E-state index is 11.9. The fraction of sp³-hybridized carbons (Fsp3) is 0.538. The largest absolute Gasteiger partial charge is 0.391 e. The summed E-state index contributed by atoms with van der Waals surface area (Å²) in [6.07, 6.45) is 2.93. The Balaban J connectivity index is 2.09. The fourth-order valence-corrected chi connectivity index (χ4v) is 2.28. The van der Waals surface area contributed by atoms with Crippen molar-refractivity contribution < 1.29 is 9.90 Å². The maximum Gasteiger partial charge on any atom is 0.260 e. The van der Waals surface area contributed by atoms with Crippen LogP contribution in [0.2, 0.25) is 0 Å². The zero-order valence-electron chi connectivity index (χ0n) is 10.4. The number of amides is 1. The third-order valence-corrected chi connectivity index (χ3v) is 3.35. The van der Waals surface area contributed by atoms with E-state index in [0.29, 0.717) is 12.1 Å². The van der Waals surface area contributed by atoms with Gasteiger partial charge in [0.15, 0.2) is 0 Å². The lowest BCUT2D eigenvalue weighted by atomic mass is 9.92. The fourth-order valence-electron chi connectivity index (χ4n) is 2.28. The molecule has 1 heterocycles. The molecule has 0 aromatic carbocycles. The maximum atomic E-state index is 11.9. The van der Waals surface area contributed by atoms with Gasteiger partial charge in [0.2, 0.25) is 0 Å². The Bertz CT molecular complexity index is 495. The smallest absolute Gasteiger partial charge is 0.260 e. The van der Waals surface area contributed by atoms with Gasteiger partial charge in [-0.1, -0.05) is 12.8 Å². The normalized spacial score (nSPS) is 23.7. The van der Waals surface area contributed by atoms with Crippen molar-refractivity contribution in [2.45, 2.75) is 44.8 Å². The third-order valence-electron chi connectivity index (χ3n) is 3.35. The molecule has 18 heavy (non-hydrogen) atoms. The van der Waals surface area contributed by atoms with E-state index in [1.807, 2.05) is 0 Å². The molecule has 1 aromatic heterocycles. The topological polar surface area (TPSA) is 82.2 Å². The molecular weight excluding hydrogens is 232 g/mol. The van der Waals surface area contributed by atoms with Crippen molar-refractivity contribution >= 4 is 5.91 Å². The number of aromatic amines is 1. The van der Waals surface area contributed by atoms with E-state index in [1.54, 1.807) is 13.0 Å². The lowest BCUT2D eigenvalue weighted by Gasteiger charge is -2.28. The summed E-state index contributed by atoms with van der Waals surface area (Å²) >= 11 is 0. The first-order chi connectivity index (χ1) is 8.58. The van der Waals surface area contributed by atoms with Crippen molar-refractivity contribution in [3.8, 4) is 0 Å². The molecule has 0 bridgehead atoms. The number of hydrogen-bond acceptors (Lipinski definition) is 3. The number of aryl methyl sites for hydroxylation is 1. The minimum absolute atomic E-state index is 0.0957. The Labute approximate surface area is 105 Å². The molecular formula is C13H18N2O3. The first-order valence-electron chi connectivity index (χ1n) is 6.27. The lowest BCUT2D eigenvalue weighted by Crippen LogP contribution is -2.46. The van der Waals surface area contributed by atoms with Crippen molar-refractivity contribution in [2.75, 3.05) is 0 Å². The monoisotopic (exact) mass is 250 g/mol. The minimum Gasteiger partial charge on any atom is -0.391 e. The van der Waals surface area contributed by atoms with Gasteiger partial charge in [-0.05, 0) is 31.9 Å². The molecule has 98 valence electrons. The number of pyridine rings is 1. The highest BCUT2D eigenvalue weighted by atomic mass is 16.3. The number of aromatic nitrogens is 1. The van der Waals surface area contributed by atoms with Crippen LogP contribution in [0.3, 0.4) is 0 Å². The lowest BCUT2D eigenvalue weighted by molar-refractivity contribution is 0.0716. The summed E-state index contributed by atoms with van der Waals surface area (Å²) in [6.45, 7) is 1.76. The van der Waals surface area contributed by atoms with Crippen molar-refractivity contribution in [1.82, 2.24) is 10.3 Å². The number of H-pyrrole nitrogens is 1. The molecule has 1 aliphatic carbocycles. The van der Waals surface area contributed by atoms with Crippen LogP contribution in [-0.4, -0.2) is 28.1 Å². The Hall–Kier alpha value is -1.62. The summed E-state index contributed by atoms with van der Waals surface area (Å²) in [5.74, 6) is -0.415. The first kappa shape index (κ1) is 12.8. The standard InChI is InChI=1S/C13H18N2O3/c1-8-6-7-9(12(17)14-8)13(18)15-10-4-2-3-5-11(10)16/h6-7,10-11,16H,2-5H2,1H3,(H,14,17)(H,15,18). The first-order valence-corrected chi connectivity index (χ1v) is 6.27. The molecule has 1 amide bonds. The van der Waals surface area contributed by atoms with E-state index in [-0.39, 0.29) is 11.6 Å². The average molecular weight is 250 g/mol. The molecule has 2 unspecified atom stereocenters. The van der Waals surface area contributed by atoms with Crippen molar-refractivity contribution in [3.05, 3.63) is 33.7 Å². The Morgan fingerprint density at radius 2 is 2.11 bits per heavy atom. The number of aliphatic hydroxyl groups is 1. The number of hydrogen-bond donors (Lipinski definition) is 3. The van der Waals surface area contributed by atoms with Gasteiger partial charge >= 0.3 is 0 Å². The summed E-state index contributed by atoms with van der Waals surface area (Å²) in [7, 11) is 0. The number of aliphatic hydroxyl groups excluding tert-OH is 1. The molecule has 1 aliphatic rings. The van der Waals surface area contributed by atoms with Gasteiger partial charge in [-0.2, -0.15) is 0 Å². The minimum atomic E-state index is -0.507. The van der Waals surface area contributed by atoms with Gasteiger partial charge in [0.05, 0.1) is 12.1 Å². The number of carbonyl (C=O) groups excluding carboxylic acids is 1. The van der Waals surface area contributed by atoms with Gasteiger partial charge in [-0.25, -0.2) is 0 Å². The predicted octanol–water partition coefficient (Wildman–Crippen LogP) is 0.717. The molecule has 1 fully saturated rings. The average Bonchev–Trinajstić information content (AvgIpc) is 2.32. The van der Waals surface area contributed by atoms with E-state index < -0.39 is 17.6 Å². The van der Waals surface area contributed by atoms with E-state index in [9.17, 15) is 14.7 Å². The third kappa shape index (κ3) is 2.79. The Morgan fingerprint density at radius 1 is 1.39 bits per heavy atom. The number of carbonyl (C=O) groups is 1. The SMILES string of the molecule is Cc1ccc(C(=O)NC2CCCCC2O)c(=O)[nH]1.